The van der Waals surface area contributed by atoms with Gasteiger partial charge in [0, 0.05) is 19.3 Å². The van der Waals surface area contributed by atoms with Gasteiger partial charge in [-0.25, -0.2) is 0 Å². The predicted octanol–water partition coefficient (Wildman–Crippen LogP) is 16.8. The van der Waals surface area contributed by atoms with Gasteiger partial charge in [0.25, 0.3) is 0 Å². The van der Waals surface area contributed by atoms with E-state index < -0.39 is 6.10 Å². The first-order chi connectivity index (χ1) is 28.5. The standard InChI is InChI=1S/C52H100O6/c1-4-7-10-13-16-19-21-23-24-25-26-27-28-29-31-33-36-39-42-45-51(54)57-48-49(47-56-50(53)44-41-38-35-32-18-15-12-9-6-3)58-52(55)46-43-40-37-34-30-22-20-17-14-11-8-5-2/h49H,4-48H2,1-3H3/t49-/m1/s1. The molecule has 0 fully saturated rings. The highest BCUT2D eigenvalue weighted by atomic mass is 16.6. The minimum Gasteiger partial charge on any atom is -0.462 e. The van der Waals surface area contributed by atoms with Crippen LogP contribution in [0, 0.1) is 0 Å². The summed E-state index contributed by atoms with van der Waals surface area (Å²) in [5.41, 5.74) is 0. The van der Waals surface area contributed by atoms with E-state index in [9.17, 15) is 14.4 Å². The molecule has 0 unspecified atom stereocenters. The van der Waals surface area contributed by atoms with Gasteiger partial charge in [-0.15, -0.1) is 0 Å². The second kappa shape index (κ2) is 48.1. The lowest BCUT2D eigenvalue weighted by Gasteiger charge is -2.18. The van der Waals surface area contributed by atoms with E-state index in [0.29, 0.717) is 19.3 Å². The molecule has 0 saturated carbocycles. The summed E-state index contributed by atoms with van der Waals surface area (Å²) in [6.07, 6.45) is 50.9. The molecule has 0 aliphatic heterocycles. The molecule has 0 aliphatic carbocycles. The van der Waals surface area contributed by atoms with Gasteiger partial charge in [0.05, 0.1) is 0 Å². The predicted molar refractivity (Wildman–Crippen MR) is 247 cm³/mol. The van der Waals surface area contributed by atoms with Crippen molar-refractivity contribution in [1.82, 2.24) is 0 Å². The quantitative estimate of drug-likeness (QED) is 0.0346. The molecule has 0 heterocycles. The van der Waals surface area contributed by atoms with Crippen LogP contribution in [0.25, 0.3) is 0 Å². The molecule has 0 aliphatic rings. The Bertz CT molecular complexity index is 859. The van der Waals surface area contributed by atoms with Crippen LogP contribution in [0.2, 0.25) is 0 Å². The highest BCUT2D eigenvalue weighted by Gasteiger charge is 2.19. The van der Waals surface area contributed by atoms with E-state index in [-0.39, 0.29) is 31.1 Å². The van der Waals surface area contributed by atoms with Gasteiger partial charge in [-0.05, 0) is 19.3 Å². The minimum atomic E-state index is -0.758. The molecule has 0 aromatic rings. The summed E-state index contributed by atoms with van der Waals surface area (Å²) in [4.78, 5) is 37.8. The van der Waals surface area contributed by atoms with Crippen molar-refractivity contribution < 1.29 is 28.6 Å². The Morgan fingerprint density at radius 2 is 0.466 bits per heavy atom. The van der Waals surface area contributed by atoms with Crippen LogP contribution in [0.15, 0.2) is 0 Å². The fourth-order valence-electron chi connectivity index (χ4n) is 7.92. The second-order valence-corrected chi connectivity index (χ2v) is 17.8. The molecule has 6 nitrogen and oxygen atoms in total. The molecular weight excluding hydrogens is 721 g/mol. The average Bonchev–Trinajstić information content (AvgIpc) is 3.22. The van der Waals surface area contributed by atoms with Gasteiger partial charge in [0.2, 0.25) is 0 Å². The number of rotatable bonds is 48. The zero-order valence-electron chi connectivity index (χ0n) is 39.3. The highest BCUT2D eigenvalue weighted by Crippen LogP contribution is 2.17. The van der Waals surface area contributed by atoms with Gasteiger partial charge in [0.15, 0.2) is 6.10 Å². The lowest BCUT2D eigenvalue weighted by molar-refractivity contribution is -0.167. The van der Waals surface area contributed by atoms with E-state index in [0.717, 1.165) is 57.8 Å². The van der Waals surface area contributed by atoms with E-state index in [1.807, 2.05) is 0 Å². The first-order valence-corrected chi connectivity index (χ1v) is 26.0. The van der Waals surface area contributed by atoms with Crippen molar-refractivity contribution in [2.24, 2.45) is 0 Å². The van der Waals surface area contributed by atoms with E-state index in [4.69, 9.17) is 14.2 Å². The van der Waals surface area contributed by atoms with Gasteiger partial charge in [0.1, 0.15) is 13.2 Å². The Morgan fingerprint density at radius 1 is 0.276 bits per heavy atom. The topological polar surface area (TPSA) is 78.9 Å². The summed E-state index contributed by atoms with van der Waals surface area (Å²) in [5, 5.41) is 0. The lowest BCUT2D eigenvalue weighted by Crippen LogP contribution is -2.30. The average molecular weight is 821 g/mol. The van der Waals surface area contributed by atoms with E-state index in [1.165, 1.54) is 199 Å². The molecule has 0 saturated heterocycles. The van der Waals surface area contributed by atoms with Crippen molar-refractivity contribution in [2.75, 3.05) is 13.2 Å². The number of ether oxygens (including phenoxy) is 3. The SMILES string of the molecule is CCCCCCCCCCCCCCCCCCCCCC(=O)OC[C@@H](COC(=O)CCCCCCCCCCC)OC(=O)CCCCCCCCCCCCCC. The van der Waals surface area contributed by atoms with Gasteiger partial charge in [-0.3, -0.25) is 14.4 Å². The van der Waals surface area contributed by atoms with E-state index in [2.05, 4.69) is 20.8 Å². The van der Waals surface area contributed by atoms with Crippen LogP contribution in [0.1, 0.15) is 297 Å². The zero-order chi connectivity index (χ0) is 42.3. The maximum absolute atomic E-state index is 12.7. The molecular formula is C52H100O6. The number of carbonyl (C=O) groups excluding carboxylic acids is 3. The maximum Gasteiger partial charge on any atom is 0.306 e. The fourth-order valence-corrected chi connectivity index (χ4v) is 7.92. The van der Waals surface area contributed by atoms with Crippen molar-refractivity contribution in [3.05, 3.63) is 0 Å². The summed E-state index contributed by atoms with van der Waals surface area (Å²) in [5.74, 6) is -0.845. The summed E-state index contributed by atoms with van der Waals surface area (Å²) in [7, 11) is 0. The van der Waals surface area contributed by atoms with Crippen molar-refractivity contribution in [3.8, 4) is 0 Å². The Hall–Kier alpha value is -1.59. The highest BCUT2D eigenvalue weighted by molar-refractivity contribution is 5.71. The zero-order valence-corrected chi connectivity index (χ0v) is 39.3. The third-order valence-corrected chi connectivity index (χ3v) is 11.9. The summed E-state index contributed by atoms with van der Waals surface area (Å²) in [6.45, 7) is 6.66. The van der Waals surface area contributed by atoms with Crippen LogP contribution in [-0.4, -0.2) is 37.2 Å². The van der Waals surface area contributed by atoms with Crippen molar-refractivity contribution in [2.45, 2.75) is 303 Å². The van der Waals surface area contributed by atoms with Crippen LogP contribution in [0.4, 0.5) is 0 Å². The number of esters is 3. The molecule has 0 N–H and O–H groups in total. The van der Waals surface area contributed by atoms with Crippen LogP contribution in [0.5, 0.6) is 0 Å². The number of hydrogen-bond acceptors (Lipinski definition) is 6. The molecule has 0 rings (SSSR count). The van der Waals surface area contributed by atoms with Gasteiger partial charge < -0.3 is 14.2 Å². The van der Waals surface area contributed by atoms with Crippen LogP contribution in [-0.2, 0) is 28.6 Å². The molecule has 344 valence electrons. The molecule has 6 heteroatoms. The number of hydrogen-bond donors (Lipinski definition) is 0. The second-order valence-electron chi connectivity index (χ2n) is 17.8. The number of unbranched alkanes of at least 4 members (excludes halogenated alkanes) is 37. The van der Waals surface area contributed by atoms with Crippen LogP contribution < -0.4 is 0 Å². The third kappa shape index (κ3) is 45.5. The van der Waals surface area contributed by atoms with Crippen molar-refractivity contribution in [3.63, 3.8) is 0 Å². The van der Waals surface area contributed by atoms with Gasteiger partial charge >= 0.3 is 17.9 Å². The Balaban J connectivity index is 4.20. The normalized spacial score (nSPS) is 11.8. The molecule has 0 spiro atoms. The summed E-state index contributed by atoms with van der Waals surface area (Å²) in [6, 6.07) is 0. The molecule has 0 aromatic carbocycles. The molecule has 58 heavy (non-hydrogen) atoms. The van der Waals surface area contributed by atoms with Crippen LogP contribution >= 0.6 is 0 Å². The third-order valence-electron chi connectivity index (χ3n) is 11.9. The van der Waals surface area contributed by atoms with E-state index in [1.54, 1.807) is 0 Å². The molecule has 0 amide bonds. The summed E-state index contributed by atoms with van der Waals surface area (Å²) < 4.78 is 16.8. The summed E-state index contributed by atoms with van der Waals surface area (Å²) >= 11 is 0. The molecule has 0 bridgehead atoms. The van der Waals surface area contributed by atoms with E-state index >= 15 is 0 Å². The largest absolute Gasteiger partial charge is 0.462 e. The van der Waals surface area contributed by atoms with Gasteiger partial charge in [-0.2, -0.15) is 0 Å². The first-order valence-electron chi connectivity index (χ1n) is 26.0. The van der Waals surface area contributed by atoms with Gasteiger partial charge in [-0.1, -0.05) is 258 Å². The first kappa shape index (κ1) is 56.4. The minimum absolute atomic E-state index is 0.0620. The monoisotopic (exact) mass is 821 g/mol. The van der Waals surface area contributed by atoms with Crippen molar-refractivity contribution >= 4 is 17.9 Å². The smallest absolute Gasteiger partial charge is 0.306 e. The van der Waals surface area contributed by atoms with Crippen LogP contribution in [0.3, 0.4) is 0 Å². The fraction of sp³-hybridized carbons (Fsp3) is 0.942. The Labute approximate surface area is 361 Å². The molecule has 1 atom stereocenters. The Kier molecular flexibility index (Phi) is 46.8. The van der Waals surface area contributed by atoms with Crippen molar-refractivity contribution in [1.29, 1.82) is 0 Å². The Morgan fingerprint density at radius 3 is 0.690 bits per heavy atom. The molecule has 0 aromatic heterocycles. The molecule has 0 radical (unpaired) electrons. The lowest BCUT2D eigenvalue weighted by atomic mass is 10.0. The number of carbonyl (C=O) groups is 3. The maximum atomic E-state index is 12.7.